The van der Waals surface area contributed by atoms with Crippen molar-refractivity contribution in [2.75, 3.05) is 5.73 Å². The van der Waals surface area contributed by atoms with Crippen molar-refractivity contribution < 1.29 is 0 Å². The number of anilines is 1. The minimum Gasteiger partial charge on any atom is -0.383 e. The number of hydrogen-bond acceptors (Lipinski definition) is 2. The molecule has 0 aliphatic carbocycles. The number of nitrogen functional groups attached to an aromatic ring is 1. The highest BCUT2D eigenvalue weighted by atomic mass is 79.9. The van der Waals surface area contributed by atoms with Crippen LogP contribution in [0.4, 0.5) is 5.82 Å². The van der Waals surface area contributed by atoms with Gasteiger partial charge in [-0.3, -0.25) is 0 Å². The number of aryl methyl sites for hydroxylation is 1. The number of nitrogens with zero attached hydrogens (tertiary/aromatic N) is 2. The molecule has 0 radical (unpaired) electrons. The Bertz CT molecular complexity index is 763. The summed E-state index contributed by atoms with van der Waals surface area (Å²) in [4.78, 5) is 4.48. The van der Waals surface area contributed by atoms with Gasteiger partial charge >= 0.3 is 0 Å². The van der Waals surface area contributed by atoms with Gasteiger partial charge in [0, 0.05) is 10.0 Å². The minimum absolute atomic E-state index is 0.695. The summed E-state index contributed by atoms with van der Waals surface area (Å²) in [6.45, 7) is 2.79. The predicted molar refractivity (Wildman–Crippen MR) is 90.1 cm³/mol. The van der Waals surface area contributed by atoms with E-state index in [0.29, 0.717) is 5.82 Å². The van der Waals surface area contributed by atoms with E-state index in [2.05, 4.69) is 46.0 Å². The second kappa shape index (κ2) is 5.74. The molecule has 0 amide bonds. The van der Waals surface area contributed by atoms with Crippen LogP contribution in [0, 0.1) is 6.92 Å². The van der Waals surface area contributed by atoms with Gasteiger partial charge in [0.05, 0.1) is 12.9 Å². The lowest BCUT2D eigenvalue weighted by molar-refractivity contribution is 0.808. The van der Waals surface area contributed by atoms with Gasteiger partial charge in [0.25, 0.3) is 0 Å². The van der Waals surface area contributed by atoms with Gasteiger partial charge in [-0.15, -0.1) is 0 Å². The van der Waals surface area contributed by atoms with Crippen LogP contribution in [-0.2, 0) is 6.54 Å². The zero-order valence-electron chi connectivity index (χ0n) is 11.8. The molecule has 2 aromatic carbocycles. The second-order valence-electron chi connectivity index (χ2n) is 5.06. The van der Waals surface area contributed by atoms with Gasteiger partial charge in [-0.1, -0.05) is 52.3 Å². The van der Waals surface area contributed by atoms with E-state index >= 15 is 0 Å². The summed E-state index contributed by atoms with van der Waals surface area (Å²) in [6, 6.07) is 16.4. The third-order valence-corrected chi connectivity index (χ3v) is 4.40. The molecule has 0 bridgehead atoms. The summed E-state index contributed by atoms with van der Waals surface area (Å²) in [5.41, 5.74) is 10.5. The van der Waals surface area contributed by atoms with Crippen molar-refractivity contribution in [1.29, 1.82) is 0 Å². The molecule has 3 aromatic rings. The predicted octanol–water partition coefficient (Wildman–Crippen LogP) is 4.25. The van der Waals surface area contributed by atoms with Crippen LogP contribution in [0.3, 0.4) is 0 Å². The van der Waals surface area contributed by atoms with Gasteiger partial charge in [0.1, 0.15) is 11.5 Å². The molecule has 3 nitrogen and oxygen atoms in total. The van der Waals surface area contributed by atoms with Crippen LogP contribution in [-0.4, -0.2) is 9.55 Å². The van der Waals surface area contributed by atoms with E-state index in [0.717, 1.165) is 22.3 Å². The van der Waals surface area contributed by atoms with E-state index in [1.807, 2.05) is 34.9 Å². The highest BCUT2D eigenvalue weighted by Crippen LogP contribution is 2.28. The van der Waals surface area contributed by atoms with Crippen LogP contribution in [0.2, 0.25) is 0 Å². The van der Waals surface area contributed by atoms with Crippen molar-refractivity contribution in [2.45, 2.75) is 13.5 Å². The standard InChI is InChI=1S/C17H16BrN3/c1-12-9-14(7-8-15(12)18)16-17(19)21(11-20-16)10-13-5-3-2-4-6-13/h2-9,11H,10,19H2,1H3. The first kappa shape index (κ1) is 13.9. The molecule has 0 fully saturated rings. The summed E-state index contributed by atoms with van der Waals surface area (Å²) in [5.74, 6) is 0.695. The topological polar surface area (TPSA) is 43.8 Å². The number of benzene rings is 2. The molecule has 0 spiro atoms. The first-order chi connectivity index (χ1) is 10.1. The van der Waals surface area contributed by atoms with Crippen molar-refractivity contribution in [1.82, 2.24) is 9.55 Å². The van der Waals surface area contributed by atoms with Gasteiger partial charge in [-0.05, 0) is 30.2 Å². The molecule has 1 aromatic heterocycles. The van der Waals surface area contributed by atoms with E-state index in [-0.39, 0.29) is 0 Å². The Morgan fingerprint density at radius 3 is 2.62 bits per heavy atom. The average molecular weight is 342 g/mol. The van der Waals surface area contributed by atoms with E-state index in [1.54, 1.807) is 6.33 Å². The van der Waals surface area contributed by atoms with Crippen LogP contribution >= 0.6 is 15.9 Å². The first-order valence-corrected chi connectivity index (χ1v) is 7.55. The van der Waals surface area contributed by atoms with E-state index in [1.165, 1.54) is 11.1 Å². The molecule has 4 heteroatoms. The lowest BCUT2D eigenvalue weighted by Gasteiger charge is -2.07. The van der Waals surface area contributed by atoms with Gasteiger partial charge in [0.2, 0.25) is 0 Å². The van der Waals surface area contributed by atoms with Crippen LogP contribution < -0.4 is 5.73 Å². The van der Waals surface area contributed by atoms with Crippen LogP contribution in [0.25, 0.3) is 11.3 Å². The monoisotopic (exact) mass is 341 g/mol. The number of hydrogen-bond donors (Lipinski definition) is 1. The first-order valence-electron chi connectivity index (χ1n) is 6.76. The Balaban J connectivity index is 1.93. The molecule has 0 unspecified atom stereocenters. The number of aromatic nitrogens is 2. The molecule has 0 aliphatic rings. The molecule has 0 atom stereocenters. The van der Waals surface area contributed by atoms with Crippen molar-refractivity contribution in [2.24, 2.45) is 0 Å². The summed E-state index contributed by atoms with van der Waals surface area (Å²) in [7, 11) is 0. The van der Waals surface area contributed by atoms with Crippen molar-refractivity contribution in [3.8, 4) is 11.3 Å². The fourth-order valence-electron chi connectivity index (χ4n) is 2.31. The molecular formula is C17H16BrN3. The van der Waals surface area contributed by atoms with Gasteiger partial charge < -0.3 is 10.3 Å². The minimum atomic E-state index is 0.695. The van der Waals surface area contributed by atoms with E-state index < -0.39 is 0 Å². The highest BCUT2D eigenvalue weighted by molar-refractivity contribution is 9.10. The Hall–Kier alpha value is -2.07. The number of imidazole rings is 1. The lowest BCUT2D eigenvalue weighted by atomic mass is 10.1. The molecule has 2 N–H and O–H groups in total. The molecule has 0 saturated carbocycles. The maximum Gasteiger partial charge on any atom is 0.131 e. The van der Waals surface area contributed by atoms with E-state index in [9.17, 15) is 0 Å². The SMILES string of the molecule is Cc1cc(-c2ncn(Cc3ccccc3)c2N)ccc1Br. The molecule has 3 rings (SSSR count). The number of rotatable bonds is 3. The quantitative estimate of drug-likeness (QED) is 0.773. The Morgan fingerprint density at radius 2 is 1.90 bits per heavy atom. The molecule has 1 heterocycles. The smallest absolute Gasteiger partial charge is 0.131 e. The van der Waals surface area contributed by atoms with Gasteiger partial charge in [0.15, 0.2) is 0 Å². The summed E-state index contributed by atoms with van der Waals surface area (Å²) in [5, 5.41) is 0. The van der Waals surface area contributed by atoms with E-state index in [4.69, 9.17) is 5.73 Å². The zero-order valence-corrected chi connectivity index (χ0v) is 13.3. The summed E-state index contributed by atoms with van der Waals surface area (Å²) in [6.07, 6.45) is 1.80. The largest absolute Gasteiger partial charge is 0.383 e. The maximum atomic E-state index is 6.26. The van der Waals surface area contributed by atoms with Crippen molar-refractivity contribution in [3.63, 3.8) is 0 Å². The Morgan fingerprint density at radius 1 is 1.14 bits per heavy atom. The molecular weight excluding hydrogens is 326 g/mol. The fraction of sp³-hybridized carbons (Fsp3) is 0.118. The number of nitrogens with two attached hydrogens (primary N) is 1. The van der Waals surface area contributed by atoms with Crippen LogP contribution in [0.5, 0.6) is 0 Å². The van der Waals surface area contributed by atoms with Crippen LogP contribution in [0.1, 0.15) is 11.1 Å². The number of halogens is 1. The third kappa shape index (κ3) is 2.85. The van der Waals surface area contributed by atoms with Gasteiger partial charge in [-0.25, -0.2) is 4.98 Å². The lowest BCUT2D eigenvalue weighted by Crippen LogP contribution is -2.03. The molecule has 0 aliphatic heterocycles. The molecule has 106 valence electrons. The fourth-order valence-corrected chi connectivity index (χ4v) is 2.56. The highest BCUT2D eigenvalue weighted by Gasteiger charge is 2.11. The van der Waals surface area contributed by atoms with Crippen LogP contribution in [0.15, 0.2) is 59.3 Å². The average Bonchev–Trinajstić information content (AvgIpc) is 2.84. The summed E-state index contributed by atoms with van der Waals surface area (Å²) < 4.78 is 3.07. The van der Waals surface area contributed by atoms with Crippen molar-refractivity contribution in [3.05, 3.63) is 70.5 Å². The Labute approximate surface area is 132 Å². The maximum absolute atomic E-state index is 6.26. The van der Waals surface area contributed by atoms with Gasteiger partial charge in [-0.2, -0.15) is 0 Å². The second-order valence-corrected chi connectivity index (χ2v) is 5.91. The molecule has 21 heavy (non-hydrogen) atoms. The Kier molecular flexibility index (Phi) is 3.80. The summed E-state index contributed by atoms with van der Waals surface area (Å²) >= 11 is 3.51. The third-order valence-electron chi connectivity index (χ3n) is 3.51. The van der Waals surface area contributed by atoms with Crippen molar-refractivity contribution >= 4 is 21.7 Å². The molecule has 0 saturated heterocycles. The zero-order chi connectivity index (χ0) is 14.8. The normalized spacial score (nSPS) is 10.8.